The summed E-state index contributed by atoms with van der Waals surface area (Å²) >= 11 is 0. The highest BCUT2D eigenvalue weighted by Crippen LogP contribution is 2.47. The number of rotatable bonds is 5. The first-order valence-electron chi connectivity index (χ1n) is 15.7. The van der Waals surface area contributed by atoms with Crippen molar-refractivity contribution >= 4 is 60.5 Å². The molecule has 1 aromatic heterocycles. The molecule has 0 aliphatic heterocycles. The molecule has 2 heteroatoms. The van der Waals surface area contributed by atoms with E-state index < -0.39 is 0 Å². The zero-order valence-electron chi connectivity index (χ0n) is 25.1. The largest absolute Gasteiger partial charge is 0.456 e. The molecule has 0 radical (unpaired) electrons. The normalized spacial score (nSPS) is 11.5. The second-order valence-electron chi connectivity index (χ2n) is 11.7. The Bertz CT molecular complexity index is 2520. The highest BCUT2D eigenvalue weighted by Gasteiger charge is 2.22. The molecule has 0 N–H and O–H groups in total. The van der Waals surface area contributed by atoms with Gasteiger partial charge in [0.25, 0.3) is 0 Å². The first-order valence-corrected chi connectivity index (χ1v) is 15.7. The molecule has 9 rings (SSSR count). The topological polar surface area (TPSA) is 16.4 Å². The van der Waals surface area contributed by atoms with E-state index in [-0.39, 0.29) is 0 Å². The van der Waals surface area contributed by atoms with Crippen LogP contribution in [-0.2, 0) is 0 Å². The molecule has 46 heavy (non-hydrogen) atoms. The number of anilines is 3. The third kappa shape index (κ3) is 4.35. The van der Waals surface area contributed by atoms with Crippen molar-refractivity contribution in [2.75, 3.05) is 4.90 Å². The van der Waals surface area contributed by atoms with Gasteiger partial charge in [0.1, 0.15) is 11.2 Å². The number of hydrogen-bond donors (Lipinski definition) is 0. The van der Waals surface area contributed by atoms with Crippen molar-refractivity contribution in [3.8, 4) is 22.3 Å². The summed E-state index contributed by atoms with van der Waals surface area (Å²) in [4.78, 5) is 2.43. The minimum Gasteiger partial charge on any atom is -0.456 e. The van der Waals surface area contributed by atoms with Crippen LogP contribution in [0.2, 0.25) is 0 Å². The lowest BCUT2D eigenvalue weighted by molar-refractivity contribution is 0.669. The predicted molar refractivity (Wildman–Crippen MR) is 194 cm³/mol. The van der Waals surface area contributed by atoms with Gasteiger partial charge in [0.05, 0.1) is 11.4 Å². The van der Waals surface area contributed by atoms with Gasteiger partial charge in [0.15, 0.2) is 0 Å². The summed E-state index contributed by atoms with van der Waals surface area (Å²) in [6.07, 6.45) is 0. The van der Waals surface area contributed by atoms with Crippen molar-refractivity contribution < 1.29 is 4.42 Å². The van der Waals surface area contributed by atoms with E-state index in [1.165, 1.54) is 38.2 Å². The Hall–Kier alpha value is -6.12. The summed E-state index contributed by atoms with van der Waals surface area (Å²) in [5.74, 6) is 0. The van der Waals surface area contributed by atoms with Crippen molar-refractivity contribution in [2.24, 2.45) is 0 Å². The molecule has 0 saturated heterocycles. The third-order valence-corrected chi connectivity index (χ3v) is 9.05. The maximum atomic E-state index is 6.23. The fourth-order valence-corrected chi connectivity index (χ4v) is 6.88. The SMILES string of the molecule is c1ccc(-c2ccc(N(c3ccc4ccccc4c3-c3ccc4oc5ccccc5c4c3)c3cccc4ccccc34)cc2)cc1. The van der Waals surface area contributed by atoms with Crippen LogP contribution in [-0.4, -0.2) is 0 Å². The van der Waals surface area contributed by atoms with Crippen molar-refractivity contribution in [3.05, 3.63) is 176 Å². The van der Waals surface area contributed by atoms with Gasteiger partial charge in [-0.2, -0.15) is 0 Å². The summed E-state index contributed by atoms with van der Waals surface area (Å²) in [6, 6.07) is 62.9. The van der Waals surface area contributed by atoms with Crippen molar-refractivity contribution in [2.45, 2.75) is 0 Å². The van der Waals surface area contributed by atoms with Crippen LogP contribution in [0.4, 0.5) is 17.1 Å². The Balaban J connectivity index is 1.33. The highest BCUT2D eigenvalue weighted by molar-refractivity contribution is 6.11. The van der Waals surface area contributed by atoms with Crippen LogP contribution in [0.25, 0.3) is 65.7 Å². The third-order valence-electron chi connectivity index (χ3n) is 9.05. The van der Waals surface area contributed by atoms with Crippen LogP contribution >= 0.6 is 0 Å². The second kappa shape index (κ2) is 10.8. The van der Waals surface area contributed by atoms with E-state index >= 15 is 0 Å². The maximum Gasteiger partial charge on any atom is 0.135 e. The van der Waals surface area contributed by atoms with Gasteiger partial charge < -0.3 is 9.32 Å². The standard InChI is InChI=1S/C44H29NO/c1-2-11-30(12-3-1)31-21-25-35(26-22-31)45(40-19-10-15-32-13-4-6-16-36(32)40)41-27-23-33-14-5-7-17-37(33)44(41)34-24-28-43-39(29-34)38-18-8-9-20-42(38)46-43/h1-29H. The van der Waals surface area contributed by atoms with Crippen molar-refractivity contribution in [1.29, 1.82) is 0 Å². The molecule has 0 spiro atoms. The quantitative estimate of drug-likeness (QED) is 0.199. The summed E-state index contributed by atoms with van der Waals surface area (Å²) in [5, 5.41) is 7.07. The number of furan rings is 1. The Morgan fingerprint density at radius 1 is 0.348 bits per heavy atom. The van der Waals surface area contributed by atoms with Crippen LogP contribution in [0, 0.1) is 0 Å². The lowest BCUT2D eigenvalue weighted by Crippen LogP contribution is -2.12. The molecule has 0 bridgehead atoms. The van der Waals surface area contributed by atoms with Gasteiger partial charge >= 0.3 is 0 Å². The predicted octanol–water partition coefficient (Wildman–Crippen LogP) is 12.7. The van der Waals surface area contributed by atoms with Crippen molar-refractivity contribution in [1.82, 2.24) is 0 Å². The van der Waals surface area contributed by atoms with E-state index in [0.717, 1.165) is 44.6 Å². The van der Waals surface area contributed by atoms with E-state index in [4.69, 9.17) is 4.42 Å². The van der Waals surface area contributed by atoms with Gasteiger partial charge in [-0.3, -0.25) is 0 Å². The molecule has 2 nitrogen and oxygen atoms in total. The maximum absolute atomic E-state index is 6.23. The molecule has 1 heterocycles. The molecule has 8 aromatic carbocycles. The molecular weight excluding hydrogens is 558 g/mol. The lowest BCUT2D eigenvalue weighted by atomic mass is 9.93. The molecule has 0 fully saturated rings. The summed E-state index contributed by atoms with van der Waals surface area (Å²) in [5.41, 5.74) is 9.89. The van der Waals surface area contributed by atoms with E-state index in [0.29, 0.717) is 0 Å². The first kappa shape index (κ1) is 26.3. The molecular formula is C44H29NO. The number of para-hydroxylation sites is 1. The number of hydrogen-bond acceptors (Lipinski definition) is 2. The molecule has 0 saturated carbocycles. The number of benzene rings is 8. The van der Waals surface area contributed by atoms with Crippen molar-refractivity contribution in [3.63, 3.8) is 0 Å². The molecule has 0 unspecified atom stereocenters. The molecule has 0 aliphatic carbocycles. The van der Waals surface area contributed by atoms with E-state index in [2.05, 4.69) is 169 Å². The Morgan fingerprint density at radius 2 is 0.957 bits per heavy atom. The minimum atomic E-state index is 0.897. The van der Waals surface area contributed by atoms with Gasteiger partial charge in [-0.05, 0) is 75.3 Å². The average Bonchev–Trinajstić information content (AvgIpc) is 3.50. The zero-order chi connectivity index (χ0) is 30.5. The van der Waals surface area contributed by atoms with Crippen LogP contribution in [0.3, 0.4) is 0 Å². The van der Waals surface area contributed by atoms with Gasteiger partial charge in [-0.1, -0.05) is 133 Å². The van der Waals surface area contributed by atoms with Gasteiger partial charge in [-0.15, -0.1) is 0 Å². The summed E-state index contributed by atoms with van der Waals surface area (Å²) < 4.78 is 6.23. The molecule has 0 amide bonds. The fourth-order valence-electron chi connectivity index (χ4n) is 6.88. The summed E-state index contributed by atoms with van der Waals surface area (Å²) in [7, 11) is 0. The van der Waals surface area contributed by atoms with Gasteiger partial charge in [-0.25, -0.2) is 0 Å². The Kier molecular flexibility index (Phi) is 6.17. The number of fused-ring (bicyclic) bond motifs is 5. The smallest absolute Gasteiger partial charge is 0.135 e. The monoisotopic (exact) mass is 587 g/mol. The average molecular weight is 588 g/mol. The Labute approximate surface area is 267 Å². The van der Waals surface area contributed by atoms with Gasteiger partial charge in [0.2, 0.25) is 0 Å². The Morgan fingerprint density at radius 3 is 1.78 bits per heavy atom. The lowest BCUT2D eigenvalue weighted by Gasteiger charge is -2.30. The van der Waals surface area contributed by atoms with Crippen LogP contribution in [0.1, 0.15) is 0 Å². The van der Waals surface area contributed by atoms with E-state index in [1.54, 1.807) is 0 Å². The molecule has 9 aromatic rings. The van der Waals surface area contributed by atoms with E-state index in [1.807, 2.05) is 12.1 Å². The number of nitrogens with zero attached hydrogens (tertiary/aromatic N) is 1. The molecule has 216 valence electrons. The summed E-state index contributed by atoms with van der Waals surface area (Å²) in [6.45, 7) is 0. The first-order chi connectivity index (χ1) is 22.8. The van der Waals surface area contributed by atoms with Crippen LogP contribution in [0.5, 0.6) is 0 Å². The van der Waals surface area contributed by atoms with E-state index in [9.17, 15) is 0 Å². The molecule has 0 atom stereocenters. The second-order valence-corrected chi connectivity index (χ2v) is 11.7. The molecule has 0 aliphatic rings. The van der Waals surface area contributed by atoms with Crippen LogP contribution in [0.15, 0.2) is 180 Å². The van der Waals surface area contributed by atoms with Crippen LogP contribution < -0.4 is 4.90 Å². The van der Waals surface area contributed by atoms with Gasteiger partial charge in [0, 0.05) is 27.4 Å². The minimum absolute atomic E-state index is 0.897. The fraction of sp³-hybridized carbons (Fsp3) is 0. The zero-order valence-corrected chi connectivity index (χ0v) is 25.1. The highest BCUT2D eigenvalue weighted by atomic mass is 16.3.